The number of rotatable bonds is 3. The quantitative estimate of drug-likeness (QED) is 0.883. The van der Waals surface area contributed by atoms with Gasteiger partial charge in [-0.25, -0.2) is 4.98 Å². The first kappa shape index (κ1) is 13.4. The molecule has 104 valence electrons. The van der Waals surface area contributed by atoms with Crippen molar-refractivity contribution in [3.63, 3.8) is 0 Å². The van der Waals surface area contributed by atoms with Crippen LogP contribution in [0.25, 0.3) is 10.9 Å². The van der Waals surface area contributed by atoms with Gasteiger partial charge in [0, 0.05) is 5.39 Å². The number of carbonyl (C=O) groups excluding carboxylic acids is 1. The third-order valence-electron chi connectivity index (χ3n) is 3.86. The van der Waals surface area contributed by atoms with E-state index in [-0.39, 0.29) is 5.91 Å². The van der Waals surface area contributed by atoms with Crippen molar-refractivity contribution in [2.24, 2.45) is 11.7 Å². The Hall–Kier alpha value is -1.55. The summed E-state index contributed by atoms with van der Waals surface area (Å²) in [5, 5.41) is 2.25. The van der Waals surface area contributed by atoms with Crippen LogP contribution in [0.3, 0.4) is 0 Å². The van der Waals surface area contributed by atoms with Crippen molar-refractivity contribution in [3.8, 4) is 0 Å². The highest BCUT2D eigenvalue weighted by atomic mass is 32.2. The van der Waals surface area contributed by atoms with Gasteiger partial charge in [0.2, 0.25) is 5.91 Å². The lowest BCUT2D eigenvalue weighted by atomic mass is 9.84. The third-order valence-corrected chi connectivity index (χ3v) is 4.90. The van der Waals surface area contributed by atoms with E-state index in [1.54, 1.807) is 0 Å². The predicted molar refractivity (Wildman–Crippen MR) is 82.9 cm³/mol. The number of benzene rings is 1. The Morgan fingerprint density at radius 2 is 2.20 bits per heavy atom. The molecule has 2 N–H and O–H groups in total. The summed E-state index contributed by atoms with van der Waals surface area (Å²) in [5.41, 5.74) is 9.03. The van der Waals surface area contributed by atoms with Crippen LogP contribution in [-0.4, -0.2) is 16.6 Å². The van der Waals surface area contributed by atoms with Gasteiger partial charge in [-0.05, 0) is 42.4 Å². The van der Waals surface area contributed by atoms with Crippen LogP contribution in [-0.2, 0) is 17.6 Å². The smallest absolute Gasteiger partial charge is 0.227 e. The molecule has 3 rings (SSSR count). The fourth-order valence-electron chi connectivity index (χ4n) is 2.89. The standard InChI is InChI=1S/C16H18N2OS/c1-10-6-7-11-12-4-2-3-5-14(12)18-16(13(11)8-10)20-9-15(17)19/h2-5,10H,6-9H2,1H3,(H2,17,19)/t10-/m1/s1. The molecule has 0 aliphatic heterocycles. The lowest BCUT2D eigenvalue weighted by Gasteiger charge is -2.24. The van der Waals surface area contributed by atoms with Crippen molar-refractivity contribution in [1.29, 1.82) is 0 Å². The molecule has 0 saturated carbocycles. The molecule has 1 amide bonds. The number of hydrogen-bond donors (Lipinski definition) is 1. The van der Waals surface area contributed by atoms with E-state index in [1.165, 1.54) is 34.7 Å². The van der Waals surface area contributed by atoms with Gasteiger partial charge in [0.15, 0.2) is 0 Å². The average Bonchev–Trinajstić information content (AvgIpc) is 2.44. The monoisotopic (exact) mass is 286 g/mol. The molecule has 0 spiro atoms. The maximum absolute atomic E-state index is 11.0. The highest BCUT2D eigenvalue weighted by molar-refractivity contribution is 7.99. The van der Waals surface area contributed by atoms with Crippen LogP contribution in [0.15, 0.2) is 29.3 Å². The number of para-hydroxylation sites is 1. The molecule has 0 bridgehead atoms. The second-order valence-corrected chi connectivity index (χ2v) is 6.46. The largest absolute Gasteiger partial charge is 0.369 e. The van der Waals surface area contributed by atoms with E-state index in [0.717, 1.165) is 23.4 Å². The Kier molecular flexibility index (Phi) is 3.66. The lowest BCUT2D eigenvalue weighted by Crippen LogP contribution is -2.16. The maximum Gasteiger partial charge on any atom is 0.227 e. The summed E-state index contributed by atoms with van der Waals surface area (Å²) in [5.74, 6) is 0.688. The number of nitrogens with two attached hydrogens (primary N) is 1. The van der Waals surface area contributed by atoms with E-state index >= 15 is 0 Å². The number of primary amides is 1. The summed E-state index contributed by atoms with van der Waals surface area (Å²) >= 11 is 1.47. The number of aryl methyl sites for hydroxylation is 1. The van der Waals surface area contributed by atoms with Crippen molar-refractivity contribution in [2.75, 3.05) is 5.75 Å². The van der Waals surface area contributed by atoms with Gasteiger partial charge in [-0.2, -0.15) is 0 Å². The van der Waals surface area contributed by atoms with Gasteiger partial charge in [-0.3, -0.25) is 4.79 Å². The summed E-state index contributed by atoms with van der Waals surface area (Å²) in [6, 6.07) is 8.27. The minimum atomic E-state index is -0.289. The van der Waals surface area contributed by atoms with E-state index in [1.807, 2.05) is 12.1 Å². The molecule has 2 aromatic rings. The number of thioether (sulfide) groups is 1. The number of carbonyl (C=O) groups is 1. The van der Waals surface area contributed by atoms with Gasteiger partial charge in [-0.1, -0.05) is 36.9 Å². The van der Waals surface area contributed by atoms with Crippen LogP contribution in [0.4, 0.5) is 0 Å². The van der Waals surface area contributed by atoms with Crippen LogP contribution in [0, 0.1) is 5.92 Å². The number of pyridine rings is 1. The summed E-state index contributed by atoms with van der Waals surface area (Å²) in [6.07, 6.45) is 3.37. The van der Waals surface area contributed by atoms with E-state index < -0.39 is 0 Å². The first-order valence-electron chi connectivity index (χ1n) is 6.96. The first-order valence-corrected chi connectivity index (χ1v) is 7.95. The molecule has 20 heavy (non-hydrogen) atoms. The highest BCUT2D eigenvalue weighted by Gasteiger charge is 2.22. The number of amides is 1. The Bertz CT molecular complexity index is 669. The molecule has 1 aromatic heterocycles. The van der Waals surface area contributed by atoms with Gasteiger partial charge in [0.25, 0.3) is 0 Å². The summed E-state index contributed by atoms with van der Waals surface area (Å²) in [4.78, 5) is 15.8. The average molecular weight is 286 g/mol. The van der Waals surface area contributed by atoms with Crippen LogP contribution in [0.2, 0.25) is 0 Å². The summed E-state index contributed by atoms with van der Waals surface area (Å²) < 4.78 is 0. The Morgan fingerprint density at radius 3 is 3.00 bits per heavy atom. The zero-order valence-corrected chi connectivity index (χ0v) is 12.4. The third kappa shape index (κ3) is 2.52. The van der Waals surface area contributed by atoms with Crippen molar-refractivity contribution < 1.29 is 4.79 Å². The number of fused-ring (bicyclic) bond motifs is 3. The maximum atomic E-state index is 11.0. The van der Waals surface area contributed by atoms with Crippen LogP contribution < -0.4 is 5.73 Å². The lowest BCUT2D eigenvalue weighted by molar-refractivity contribution is -0.115. The Balaban J connectivity index is 2.13. The van der Waals surface area contributed by atoms with E-state index in [9.17, 15) is 4.79 Å². The fraction of sp³-hybridized carbons (Fsp3) is 0.375. The molecule has 0 unspecified atom stereocenters. The fourth-order valence-corrected chi connectivity index (χ4v) is 3.71. The van der Waals surface area contributed by atoms with Crippen molar-refractivity contribution in [2.45, 2.75) is 31.2 Å². The SMILES string of the molecule is C[C@@H]1CCc2c(c(SCC(N)=O)nc3ccccc23)C1. The topological polar surface area (TPSA) is 56.0 Å². The van der Waals surface area contributed by atoms with Crippen LogP contribution in [0.1, 0.15) is 24.5 Å². The Labute approximate surface area is 123 Å². The van der Waals surface area contributed by atoms with Gasteiger partial charge < -0.3 is 5.73 Å². The molecule has 1 aliphatic carbocycles. The number of aromatic nitrogens is 1. The molecule has 3 nitrogen and oxygen atoms in total. The second kappa shape index (κ2) is 5.44. The summed E-state index contributed by atoms with van der Waals surface area (Å²) in [7, 11) is 0. The number of hydrogen-bond acceptors (Lipinski definition) is 3. The van der Waals surface area contributed by atoms with Crippen molar-refractivity contribution >= 4 is 28.6 Å². The van der Waals surface area contributed by atoms with E-state index in [4.69, 9.17) is 10.7 Å². The minimum Gasteiger partial charge on any atom is -0.369 e. The molecule has 0 fully saturated rings. The van der Waals surface area contributed by atoms with E-state index in [2.05, 4.69) is 19.1 Å². The normalized spacial score (nSPS) is 17.9. The number of nitrogens with zero attached hydrogens (tertiary/aromatic N) is 1. The second-order valence-electron chi connectivity index (χ2n) is 5.49. The molecule has 0 saturated heterocycles. The molecular formula is C16H18N2OS. The van der Waals surface area contributed by atoms with Gasteiger partial charge in [0.05, 0.1) is 11.3 Å². The Morgan fingerprint density at radius 1 is 1.40 bits per heavy atom. The zero-order valence-electron chi connectivity index (χ0n) is 11.6. The molecule has 1 aliphatic rings. The molecule has 1 atom stereocenters. The molecule has 1 heterocycles. The van der Waals surface area contributed by atoms with Crippen LogP contribution >= 0.6 is 11.8 Å². The summed E-state index contributed by atoms with van der Waals surface area (Å²) in [6.45, 7) is 2.28. The van der Waals surface area contributed by atoms with Gasteiger partial charge in [-0.15, -0.1) is 0 Å². The van der Waals surface area contributed by atoms with Gasteiger partial charge >= 0.3 is 0 Å². The van der Waals surface area contributed by atoms with Gasteiger partial charge in [0.1, 0.15) is 5.03 Å². The predicted octanol–water partition coefficient (Wildman–Crippen LogP) is 2.94. The van der Waals surface area contributed by atoms with E-state index in [0.29, 0.717) is 11.7 Å². The molecule has 0 radical (unpaired) electrons. The van der Waals surface area contributed by atoms with Crippen LogP contribution in [0.5, 0.6) is 0 Å². The van der Waals surface area contributed by atoms with Crippen molar-refractivity contribution in [1.82, 2.24) is 4.98 Å². The molecule has 1 aromatic carbocycles. The first-order chi connectivity index (χ1) is 9.65. The molecule has 4 heteroatoms. The molecular weight excluding hydrogens is 268 g/mol. The highest BCUT2D eigenvalue weighted by Crippen LogP contribution is 2.36. The zero-order chi connectivity index (χ0) is 14.1. The minimum absolute atomic E-state index is 0.289. The van der Waals surface area contributed by atoms with Crippen molar-refractivity contribution in [3.05, 3.63) is 35.4 Å².